The van der Waals surface area contributed by atoms with Gasteiger partial charge in [0.1, 0.15) is 19.0 Å². The largest absolute Gasteiger partial charge is 0.460 e. The Kier molecular flexibility index (Phi) is 5.70. The molecule has 1 N–H and O–H groups in total. The first-order chi connectivity index (χ1) is 10.9. The molecular formula is C15H13ClFNO4S. The Morgan fingerprint density at radius 3 is 2.48 bits per heavy atom. The van der Waals surface area contributed by atoms with Crippen LogP contribution in [0.25, 0.3) is 0 Å². The fraction of sp³-hybridized carbons (Fsp3) is 0.133. The van der Waals surface area contributed by atoms with E-state index in [1.807, 2.05) is 0 Å². The number of esters is 1. The highest BCUT2D eigenvalue weighted by Gasteiger charge is 2.16. The van der Waals surface area contributed by atoms with Crippen LogP contribution in [0.4, 0.5) is 4.39 Å². The van der Waals surface area contributed by atoms with E-state index >= 15 is 0 Å². The van der Waals surface area contributed by atoms with Crippen LogP contribution in [-0.2, 0) is 26.2 Å². The van der Waals surface area contributed by atoms with Crippen LogP contribution in [0.3, 0.4) is 0 Å². The van der Waals surface area contributed by atoms with Gasteiger partial charge in [-0.05, 0) is 24.3 Å². The minimum atomic E-state index is -3.81. The van der Waals surface area contributed by atoms with Crippen LogP contribution in [0.1, 0.15) is 5.56 Å². The average molecular weight is 358 g/mol. The van der Waals surface area contributed by atoms with E-state index in [1.54, 1.807) is 18.2 Å². The number of hydrogen-bond acceptors (Lipinski definition) is 4. The highest BCUT2D eigenvalue weighted by molar-refractivity contribution is 7.89. The van der Waals surface area contributed by atoms with E-state index in [0.717, 1.165) is 0 Å². The number of carbonyl (C=O) groups excluding carboxylic acids is 1. The summed E-state index contributed by atoms with van der Waals surface area (Å²) in [6.45, 7) is -0.944. The van der Waals surface area contributed by atoms with Gasteiger partial charge in [-0.25, -0.2) is 12.8 Å². The highest BCUT2D eigenvalue weighted by atomic mass is 35.5. The molecule has 0 aliphatic carbocycles. The van der Waals surface area contributed by atoms with Crippen LogP contribution < -0.4 is 4.72 Å². The Hall–Kier alpha value is -1.96. The summed E-state index contributed by atoms with van der Waals surface area (Å²) >= 11 is 5.80. The van der Waals surface area contributed by atoms with Crippen LogP contribution in [0, 0.1) is 5.82 Å². The topological polar surface area (TPSA) is 72.5 Å². The first-order valence-corrected chi connectivity index (χ1v) is 8.39. The first kappa shape index (κ1) is 17.4. The van der Waals surface area contributed by atoms with Crippen LogP contribution in [-0.4, -0.2) is 20.9 Å². The van der Waals surface area contributed by atoms with Crippen molar-refractivity contribution in [2.45, 2.75) is 11.5 Å². The number of benzene rings is 2. The van der Waals surface area contributed by atoms with Gasteiger partial charge in [-0.2, -0.15) is 4.72 Å². The van der Waals surface area contributed by atoms with Crippen LogP contribution in [0.2, 0.25) is 5.02 Å². The van der Waals surface area contributed by atoms with Gasteiger partial charge in [-0.3, -0.25) is 4.79 Å². The van der Waals surface area contributed by atoms with Gasteiger partial charge in [0.05, 0.1) is 9.92 Å². The lowest BCUT2D eigenvalue weighted by Crippen LogP contribution is -2.30. The quantitative estimate of drug-likeness (QED) is 0.806. The van der Waals surface area contributed by atoms with Gasteiger partial charge in [0.2, 0.25) is 10.0 Å². The fourth-order valence-corrected chi connectivity index (χ4v) is 2.92. The molecule has 0 atom stereocenters. The molecular weight excluding hydrogens is 345 g/mol. The summed E-state index contributed by atoms with van der Waals surface area (Å²) in [6.07, 6.45) is 0. The Bertz CT molecular complexity index is 776. The van der Waals surface area contributed by atoms with Crippen LogP contribution in [0.15, 0.2) is 53.4 Å². The number of nitrogens with one attached hydrogen (secondary N) is 1. The normalized spacial score (nSPS) is 11.2. The summed E-state index contributed by atoms with van der Waals surface area (Å²) in [4.78, 5) is 11.6. The summed E-state index contributed by atoms with van der Waals surface area (Å²) in [5, 5.41) is 0.127. The molecule has 0 amide bonds. The van der Waals surface area contributed by atoms with E-state index < -0.39 is 28.4 Å². The molecule has 2 aromatic carbocycles. The molecule has 0 spiro atoms. The van der Waals surface area contributed by atoms with Crippen molar-refractivity contribution < 1.29 is 22.3 Å². The standard InChI is InChI=1S/C15H13ClFNO4S/c16-13-7-4-8-14(17)12(13)10-22-15(19)9-18-23(20,21)11-5-2-1-3-6-11/h1-8,18H,9-10H2. The fourth-order valence-electron chi connectivity index (χ4n) is 1.71. The molecule has 0 heterocycles. The van der Waals surface area contributed by atoms with Gasteiger partial charge in [-0.15, -0.1) is 0 Å². The first-order valence-electron chi connectivity index (χ1n) is 6.53. The van der Waals surface area contributed by atoms with E-state index in [-0.39, 0.29) is 22.1 Å². The second kappa shape index (κ2) is 7.54. The molecule has 0 aromatic heterocycles. The second-order valence-electron chi connectivity index (χ2n) is 4.50. The number of hydrogen-bond donors (Lipinski definition) is 1. The van der Waals surface area contributed by atoms with Crippen molar-refractivity contribution in [2.24, 2.45) is 0 Å². The molecule has 0 saturated carbocycles. The van der Waals surface area contributed by atoms with E-state index in [1.165, 1.54) is 30.3 Å². The van der Waals surface area contributed by atoms with E-state index in [4.69, 9.17) is 16.3 Å². The Morgan fingerprint density at radius 1 is 1.13 bits per heavy atom. The molecule has 23 heavy (non-hydrogen) atoms. The maximum Gasteiger partial charge on any atom is 0.321 e. The summed E-state index contributed by atoms with van der Waals surface area (Å²) in [6, 6.07) is 11.7. The van der Waals surface area contributed by atoms with Gasteiger partial charge in [0.25, 0.3) is 0 Å². The molecule has 2 aromatic rings. The van der Waals surface area contributed by atoms with Crippen molar-refractivity contribution in [3.8, 4) is 0 Å². The smallest absolute Gasteiger partial charge is 0.321 e. The van der Waals surface area contributed by atoms with Crippen molar-refractivity contribution in [2.75, 3.05) is 6.54 Å². The maximum atomic E-state index is 13.5. The van der Waals surface area contributed by atoms with Crippen molar-refractivity contribution in [1.29, 1.82) is 0 Å². The lowest BCUT2D eigenvalue weighted by molar-refractivity contribution is -0.143. The van der Waals surface area contributed by atoms with Crippen molar-refractivity contribution in [3.63, 3.8) is 0 Å². The predicted molar refractivity (Wildman–Crippen MR) is 82.8 cm³/mol. The minimum absolute atomic E-state index is 0.0324. The number of halogens is 2. The highest BCUT2D eigenvalue weighted by Crippen LogP contribution is 2.19. The molecule has 0 bridgehead atoms. The van der Waals surface area contributed by atoms with Gasteiger partial charge in [0.15, 0.2) is 0 Å². The molecule has 0 aliphatic rings. The van der Waals surface area contributed by atoms with Crippen LogP contribution in [0.5, 0.6) is 0 Å². The van der Waals surface area contributed by atoms with Crippen molar-refractivity contribution in [1.82, 2.24) is 4.72 Å². The molecule has 5 nitrogen and oxygen atoms in total. The molecule has 0 saturated heterocycles. The van der Waals surface area contributed by atoms with E-state index in [9.17, 15) is 17.6 Å². The predicted octanol–water partition coefficient (Wildman–Crippen LogP) is 2.50. The summed E-state index contributed by atoms with van der Waals surface area (Å²) in [5.41, 5.74) is 0.0356. The molecule has 0 radical (unpaired) electrons. The monoisotopic (exact) mass is 357 g/mol. The molecule has 0 fully saturated rings. The SMILES string of the molecule is O=C(CNS(=O)(=O)c1ccccc1)OCc1c(F)cccc1Cl. The third-order valence-electron chi connectivity index (χ3n) is 2.90. The third-order valence-corrected chi connectivity index (χ3v) is 4.67. The van der Waals surface area contributed by atoms with Gasteiger partial charge < -0.3 is 4.74 Å². The zero-order valence-corrected chi connectivity index (χ0v) is 13.4. The lowest BCUT2D eigenvalue weighted by Gasteiger charge is -2.09. The van der Waals surface area contributed by atoms with Gasteiger partial charge in [0, 0.05) is 5.56 Å². The molecule has 8 heteroatoms. The number of rotatable bonds is 6. The zero-order valence-electron chi connectivity index (χ0n) is 11.8. The molecule has 2 rings (SSSR count). The van der Waals surface area contributed by atoms with Gasteiger partial charge >= 0.3 is 5.97 Å². The molecule has 122 valence electrons. The van der Waals surface area contributed by atoms with Crippen molar-refractivity contribution >= 4 is 27.6 Å². The Labute approximate surface area is 138 Å². The number of ether oxygens (including phenoxy) is 1. The molecule has 0 unspecified atom stereocenters. The molecule has 0 aliphatic heterocycles. The average Bonchev–Trinajstić information content (AvgIpc) is 2.53. The zero-order chi connectivity index (χ0) is 16.9. The Balaban J connectivity index is 1.91. The van der Waals surface area contributed by atoms with Crippen LogP contribution >= 0.6 is 11.6 Å². The minimum Gasteiger partial charge on any atom is -0.460 e. The third kappa shape index (κ3) is 4.75. The summed E-state index contributed by atoms with van der Waals surface area (Å²) < 4.78 is 44.3. The number of sulfonamides is 1. The van der Waals surface area contributed by atoms with Crippen molar-refractivity contribution in [3.05, 3.63) is 64.9 Å². The Morgan fingerprint density at radius 2 is 1.83 bits per heavy atom. The summed E-state index contributed by atoms with van der Waals surface area (Å²) in [7, 11) is -3.81. The number of carbonyl (C=O) groups is 1. The second-order valence-corrected chi connectivity index (χ2v) is 6.67. The summed E-state index contributed by atoms with van der Waals surface area (Å²) in [5.74, 6) is -1.45. The lowest BCUT2D eigenvalue weighted by atomic mass is 10.2. The maximum absolute atomic E-state index is 13.5. The van der Waals surface area contributed by atoms with E-state index in [0.29, 0.717) is 0 Å². The van der Waals surface area contributed by atoms with Gasteiger partial charge in [-0.1, -0.05) is 35.9 Å². The van der Waals surface area contributed by atoms with E-state index in [2.05, 4.69) is 4.72 Å².